The van der Waals surface area contributed by atoms with Crippen molar-refractivity contribution in [2.45, 2.75) is 26.3 Å². The first-order chi connectivity index (χ1) is 11.8. The average molecular weight is 458 g/mol. The Morgan fingerprint density at radius 2 is 1.96 bits per heavy atom. The maximum atomic E-state index is 9.23. The van der Waals surface area contributed by atoms with Crippen molar-refractivity contribution in [1.29, 1.82) is 0 Å². The molecule has 0 bridgehead atoms. The van der Waals surface area contributed by atoms with E-state index in [1.807, 2.05) is 6.08 Å². The van der Waals surface area contributed by atoms with Crippen LogP contribution in [-0.4, -0.2) is 43.9 Å². The standard InChI is InChI=1S/C19H30N4O.HI/c1-3-11-21-19(20-4-2)22-14-16-5-7-18(8-6-16)23-12-9-17(15-24)10-13-23;/h3,5-8,17,24H,1,4,9-15H2,2H3,(H2,20,21,22);1H. The van der Waals surface area contributed by atoms with E-state index in [0.717, 1.165) is 38.4 Å². The lowest BCUT2D eigenvalue weighted by Crippen LogP contribution is -2.37. The van der Waals surface area contributed by atoms with Crippen molar-refractivity contribution in [1.82, 2.24) is 10.6 Å². The molecule has 1 heterocycles. The molecule has 25 heavy (non-hydrogen) atoms. The predicted molar refractivity (Wildman–Crippen MR) is 117 cm³/mol. The molecule has 140 valence electrons. The zero-order valence-corrected chi connectivity index (χ0v) is 17.4. The van der Waals surface area contributed by atoms with Crippen LogP contribution in [0.1, 0.15) is 25.3 Å². The molecule has 1 saturated heterocycles. The van der Waals surface area contributed by atoms with Crippen molar-refractivity contribution in [3.05, 3.63) is 42.5 Å². The summed E-state index contributed by atoms with van der Waals surface area (Å²) >= 11 is 0. The molecular formula is C19H31IN4O. The van der Waals surface area contributed by atoms with Crippen LogP contribution in [0, 0.1) is 5.92 Å². The summed E-state index contributed by atoms with van der Waals surface area (Å²) in [5, 5.41) is 15.7. The van der Waals surface area contributed by atoms with Crippen molar-refractivity contribution in [2.24, 2.45) is 10.9 Å². The third-order valence-electron chi connectivity index (χ3n) is 4.35. The monoisotopic (exact) mass is 458 g/mol. The number of nitrogens with zero attached hydrogens (tertiary/aromatic N) is 2. The molecule has 3 N–H and O–H groups in total. The Kier molecular flexibility index (Phi) is 10.6. The number of nitrogens with one attached hydrogen (secondary N) is 2. The number of rotatable bonds is 7. The minimum Gasteiger partial charge on any atom is -0.396 e. The molecule has 1 aliphatic rings. The first-order valence-corrected chi connectivity index (χ1v) is 8.84. The molecule has 0 amide bonds. The second-order valence-electron chi connectivity index (χ2n) is 6.14. The summed E-state index contributed by atoms with van der Waals surface area (Å²) in [6.45, 7) is 10.3. The second-order valence-corrected chi connectivity index (χ2v) is 6.14. The van der Waals surface area contributed by atoms with E-state index in [0.29, 0.717) is 25.6 Å². The van der Waals surface area contributed by atoms with Crippen LogP contribution in [0.3, 0.4) is 0 Å². The number of benzene rings is 1. The minimum atomic E-state index is 0. The van der Waals surface area contributed by atoms with Gasteiger partial charge in [0.2, 0.25) is 0 Å². The van der Waals surface area contributed by atoms with Crippen LogP contribution in [0.5, 0.6) is 0 Å². The van der Waals surface area contributed by atoms with Crippen molar-refractivity contribution >= 4 is 35.6 Å². The van der Waals surface area contributed by atoms with Crippen LogP contribution in [-0.2, 0) is 6.54 Å². The lowest BCUT2D eigenvalue weighted by atomic mass is 9.97. The molecule has 0 aromatic heterocycles. The van der Waals surface area contributed by atoms with Crippen LogP contribution >= 0.6 is 24.0 Å². The molecule has 1 aliphatic heterocycles. The van der Waals surface area contributed by atoms with Gasteiger partial charge in [-0.3, -0.25) is 0 Å². The third kappa shape index (κ3) is 7.23. The molecule has 1 aromatic carbocycles. The van der Waals surface area contributed by atoms with E-state index >= 15 is 0 Å². The van der Waals surface area contributed by atoms with Gasteiger partial charge in [0.05, 0.1) is 6.54 Å². The van der Waals surface area contributed by atoms with Gasteiger partial charge >= 0.3 is 0 Å². The fourth-order valence-corrected chi connectivity index (χ4v) is 2.87. The Morgan fingerprint density at radius 1 is 1.28 bits per heavy atom. The van der Waals surface area contributed by atoms with Gasteiger partial charge in [-0.15, -0.1) is 30.6 Å². The zero-order valence-electron chi connectivity index (χ0n) is 15.1. The topological polar surface area (TPSA) is 59.9 Å². The number of hydrogen-bond donors (Lipinski definition) is 3. The largest absolute Gasteiger partial charge is 0.396 e. The summed E-state index contributed by atoms with van der Waals surface area (Å²) in [5.41, 5.74) is 2.45. The highest BCUT2D eigenvalue weighted by molar-refractivity contribution is 14.0. The molecule has 0 spiro atoms. The Balaban J connectivity index is 0.00000312. The van der Waals surface area contributed by atoms with Gasteiger partial charge in [0.1, 0.15) is 0 Å². The Morgan fingerprint density at radius 3 is 2.52 bits per heavy atom. The summed E-state index contributed by atoms with van der Waals surface area (Å²) in [4.78, 5) is 6.99. The van der Waals surface area contributed by atoms with Gasteiger partial charge in [-0.25, -0.2) is 4.99 Å². The SMILES string of the molecule is C=CCNC(=NCc1ccc(N2CCC(CO)CC2)cc1)NCC.I. The lowest BCUT2D eigenvalue weighted by molar-refractivity contribution is 0.203. The van der Waals surface area contributed by atoms with Gasteiger partial charge < -0.3 is 20.6 Å². The van der Waals surface area contributed by atoms with E-state index in [1.165, 1.54) is 11.3 Å². The summed E-state index contributed by atoms with van der Waals surface area (Å²) in [7, 11) is 0. The van der Waals surface area contributed by atoms with Gasteiger partial charge in [-0.05, 0) is 43.4 Å². The zero-order chi connectivity index (χ0) is 17.2. The number of anilines is 1. The molecule has 6 heteroatoms. The van der Waals surface area contributed by atoms with Crippen molar-refractivity contribution in [2.75, 3.05) is 37.7 Å². The van der Waals surface area contributed by atoms with Crippen LogP contribution in [0.2, 0.25) is 0 Å². The van der Waals surface area contributed by atoms with Gasteiger partial charge in [-0.1, -0.05) is 18.2 Å². The normalized spacial score (nSPS) is 15.4. The second kappa shape index (κ2) is 12.1. The smallest absolute Gasteiger partial charge is 0.191 e. The Labute approximate surface area is 168 Å². The predicted octanol–water partition coefficient (Wildman–Crippen LogP) is 2.75. The van der Waals surface area contributed by atoms with Crippen LogP contribution < -0.4 is 15.5 Å². The van der Waals surface area contributed by atoms with Crippen molar-refractivity contribution in [3.8, 4) is 0 Å². The Bertz CT molecular complexity index is 525. The van der Waals surface area contributed by atoms with E-state index in [9.17, 15) is 5.11 Å². The third-order valence-corrected chi connectivity index (χ3v) is 4.35. The molecular weight excluding hydrogens is 427 g/mol. The number of aliphatic hydroxyl groups excluding tert-OH is 1. The lowest BCUT2D eigenvalue weighted by Gasteiger charge is -2.32. The van der Waals surface area contributed by atoms with Crippen molar-refractivity contribution < 1.29 is 5.11 Å². The Hall–Kier alpha value is -1.28. The fourth-order valence-electron chi connectivity index (χ4n) is 2.87. The molecule has 5 nitrogen and oxygen atoms in total. The van der Waals surface area contributed by atoms with E-state index in [4.69, 9.17) is 0 Å². The van der Waals surface area contributed by atoms with Gasteiger partial charge in [0.15, 0.2) is 5.96 Å². The molecule has 0 aliphatic carbocycles. The van der Waals surface area contributed by atoms with Crippen LogP contribution in [0.15, 0.2) is 41.9 Å². The number of aliphatic imine (C=N–C) groups is 1. The highest BCUT2D eigenvalue weighted by Crippen LogP contribution is 2.23. The summed E-state index contributed by atoms with van der Waals surface area (Å²) in [6.07, 6.45) is 3.97. The average Bonchev–Trinajstić information content (AvgIpc) is 2.64. The summed E-state index contributed by atoms with van der Waals surface area (Å²) in [5.74, 6) is 1.29. The molecule has 2 rings (SSSR count). The van der Waals surface area contributed by atoms with Crippen LogP contribution in [0.25, 0.3) is 0 Å². The number of halogens is 1. The van der Waals surface area contributed by atoms with Crippen molar-refractivity contribution in [3.63, 3.8) is 0 Å². The highest BCUT2D eigenvalue weighted by Gasteiger charge is 2.18. The molecule has 0 atom stereocenters. The maximum absolute atomic E-state index is 9.23. The van der Waals surface area contributed by atoms with Gasteiger partial charge in [0, 0.05) is 38.5 Å². The number of piperidine rings is 1. The van der Waals surface area contributed by atoms with Crippen LogP contribution in [0.4, 0.5) is 5.69 Å². The first-order valence-electron chi connectivity index (χ1n) is 8.84. The van der Waals surface area contributed by atoms with E-state index in [2.05, 4.69) is 58.3 Å². The highest BCUT2D eigenvalue weighted by atomic mass is 127. The number of aliphatic hydroxyl groups is 1. The number of guanidine groups is 1. The summed E-state index contributed by atoms with van der Waals surface area (Å²) in [6, 6.07) is 8.64. The molecule has 0 unspecified atom stereocenters. The minimum absolute atomic E-state index is 0. The maximum Gasteiger partial charge on any atom is 0.191 e. The first kappa shape index (κ1) is 21.8. The molecule has 0 saturated carbocycles. The summed E-state index contributed by atoms with van der Waals surface area (Å²) < 4.78 is 0. The number of hydrogen-bond acceptors (Lipinski definition) is 3. The molecule has 1 aromatic rings. The van der Waals surface area contributed by atoms with E-state index < -0.39 is 0 Å². The van der Waals surface area contributed by atoms with Gasteiger partial charge in [-0.2, -0.15) is 0 Å². The van der Waals surface area contributed by atoms with E-state index in [-0.39, 0.29) is 24.0 Å². The quantitative estimate of drug-likeness (QED) is 0.255. The molecule has 1 fully saturated rings. The fraction of sp³-hybridized carbons (Fsp3) is 0.526. The van der Waals surface area contributed by atoms with Gasteiger partial charge in [0.25, 0.3) is 0 Å². The van der Waals surface area contributed by atoms with E-state index in [1.54, 1.807) is 0 Å². The molecule has 0 radical (unpaired) electrons.